The summed E-state index contributed by atoms with van der Waals surface area (Å²) in [5, 5.41) is 15.9. The second-order valence-electron chi connectivity index (χ2n) is 7.49. The predicted molar refractivity (Wildman–Crippen MR) is 135 cm³/mol. The van der Waals surface area contributed by atoms with Crippen LogP contribution in [0, 0.1) is 13.8 Å². The molecule has 0 aliphatic rings. The lowest BCUT2D eigenvalue weighted by molar-refractivity contribution is 0.0699. The number of halogens is 1. The van der Waals surface area contributed by atoms with Crippen molar-refractivity contribution in [1.29, 1.82) is 0 Å². The minimum atomic E-state index is -3.85. The predicted octanol–water partition coefficient (Wildman–Crippen LogP) is 6.53. The Labute approximate surface area is 209 Å². The number of amides is 1. The van der Waals surface area contributed by atoms with Crippen molar-refractivity contribution in [3.8, 4) is 10.4 Å². The van der Waals surface area contributed by atoms with Gasteiger partial charge in [-0.1, -0.05) is 41.4 Å². The van der Waals surface area contributed by atoms with Crippen LogP contribution in [0.1, 0.15) is 31.2 Å². The van der Waals surface area contributed by atoms with Crippen LogP contribution >= 0.6 is 34.3 Å². The van der Waals surface area contributed by atoms with Gasteiger partial charge in [0.1, 0.15) is 5.56 Å². The van der Waals surface area contributed by atoms with Gasteiger partial charge in [0, 0.05) is 15.8 Å². The summed E-state index contributed by atoms with van der Waals surface area (Å²) >= 11 is 8.06. The van der Waals surface area contributed by atoms with E-state index >= 15 is 0 Å². The Morgan fingerprint density at radius 2 is 1.59 bits per heavy atom. The van der Waals surface area contributed by atoms with E-state index in [2.05, 4.69) is 5.32 Å². The third-order valence-electron chi connectivity index (χ3n) is 5.18. The summed E-state index contributed by atoms with van der Waals surface area (Å²) in [7, 11) is -3.85. The van der Waals surface area contributed by atoms with Gasteiger partial charge in [-0.3, -0.25) is 4.79 Å². The first kappa shape index (κ1) is 24.2. The third-order valence-corrected chi connectivity index (χ3v) is 9.59. The molecular weight excluding hydrogens is 514 g/mol. The van der Waals surface area contributed by atoms with E-state index in [0.717, 1.165) is 22.5 Å². The molecule has 10 heteroatoms. The molecule has 34 heavy (non-hydrogen) atoms. The summed E-state index contributed by atoms with van der Waals surface area (Å²) in [5.74, 6) is -1.74. The van der Waals surface area contributed by atoms with Crippen molar-refractivity contribution < 1.29 is 23.1 Å². The monoisotopic (exact) mass is 531 g/mol. The molecule has 0 radical (unpaired) electrons. The maximum absolute atomic E-state index is 13.0. The number of aryl methyl sites for hydroxylation is 1. The van der Waals surface area contributed by atoms with Crippen LogP contribution in [-0.4, -0.2) is 25.4 Å². The van der Waals surface area contributed by atoms with Crippen LogP contribution in [-0.2, 0) is 9.84 Å². The van der Waals surface area contributed by atoms with Crippen molar-refractivity contribution in [2.24, 2.45) is 0 Å². The van der Waals surface area contributed by atoms with Gasteiger partial charge >= 0.3 is 5.97 Å². The molecular formula is C24H18ClNO5S3. The Morgan fingerprint density at radius 1 is 0.941 bits per heavy atom. The number of aromatic carboxylic acids is 1. The average Bonchev–Trinajstić information content (AvgIpc) is 3.38. The van der Waals surface area contributed by atoms with Crippen LogP contribution < -0.4 is 5.32 Å². The summed E-state index contributed by atoms with van der Waals surface area (Å²) < 4.78 is 26.1. The minimum Gasteiger partial charge on any atom is -0.478 e. The van der Waals surface area contributed by atoms with Crippen LogP contribution in [0.4, 0.5) is 5.69 Å². The topological polar surface area (TPSA) is 101 Å². The molecule has 1 amide bonds. The van der Waals surface area contributed by atoms with Crippen LogP contribution in [0.15, 0.2) is 69.1 Å². The molecule has 0 atom stereocenters. The number of rotatable bonds is 6. The van der Waals surface area contributed by atoms with E-state index in [0.29, 0.717) is 15.5 Å². The zero-order chi connectivity index (χ0) is 24.6. The fourth-order valence-electron chi connectivity index (χ4n) is 3.39. The number of carbonyl (C=O) groups excluding carboxylic acids is 1. The number of hydrogen-bond donors (Lipinski definition) is 2. The lowest BCUT2D eigenvalue weighted by atomic mass is 10.1. The second kappa shape index (κ2) is 9.34. The van der Waals surface area contributed by atoms with Crippen LogP contribution in [0.25, 0.3) is 10.4 Å². The van der Waals surface area contributed by atoms with Crippen molar-refractivity contribution in [2.45, 2.75) is 23.6 Å². The highest BCUT2D eigenvalue weighted by molar-refractivity contribution is 7.91. The van der Waals surface area contributed by atoms with E-state index in [9.17, 15) is 23.1 Å². The highest BCUT2D eigenvalue weighted by Crippen LogP contribution is 2.37. The van der Waals surface area contributed by atoms with E-state index in [1.54, 1.807) is 12.3 Å². The Morgan fingerprint density at radius 3 is 2.21 bits per heavy atom. The summed E-state index contributed by atoms with van der Waals surface area (Å²) in [6.07, 6.45) is 0. The first-order valence-electron chi connectivity index (χ1n) is 9.91. The molecule has 174 valence electrons. The number of hydrogen-bond acceptors (Lipinski definition) is 6. The molecule has 2 N–H and O–H groups in total. The molecule has 0 saturated heterocycles. The molecule has 0 aliphatic carbocycles. The highest BCUT2D eigenvalue weighted by Gasteiger charge is 2.27. The van der Waals surface area contributed by atoms with Gasteiger partial charge in [0.05, 0.1) is 25.2 Å². The number of thiophene rings is 2. The summed E-state index contributed by atoms with van der Waals surface area (Å²) in [4.78, 5) is 25.8. The maximum Gasteiger partial charge on any atom is 0.339 e. The lowest BCUT2D eigenvalue weighted by Crippen LogP contribution is -2.14. The number of nitrogens with one attached hydrogen (secondary N) is 1. The maximum atomic E-state index is 13.0. The highest BCUT2D eigenvalue weighted by atomic mass is 35.5. The fraction of sp³-hybridized carbons (Fsp3) is 0.0833. The van der Waals surface area contributed by atoms with E-state index in [-0.39, 0.29) is 25.9 Å². The number of anilines is 1. The van der Waals surface area contributed by atoms with Crippen molar-refractivity contribution in [1.82, 2.24) is 0 Å². The fourth-order valence-corrected chi connectivity index (χ4v) is 7.33. The summed E-state index contributed by atoms with van der Waals surface area (Å²) in [6, 6.07) is 13.2. The third kappa shape index (κ3) is 4.52. The molecule has 0 spiro atoms. The molecule has 0 fully saturated rings. The lowest BCUT2D eigenvalue weighted by Gasteiger charge is -2.07. The van der Waals surface area contributed by atoms with Crippen molar-refractivity contribution in [2.75, 3.05) is 5.32 Å². The number of benzene rings is 2. The Kier molecular flexibility index (Phi) is 6.64. The molecule has 0 bridgehead atoms. The molecule has 2 aromatic heterocycles. The van der Waals surface area contributed by atoms with E-state index < -0.39 is 21.7 Å². The largest absolute Gasteiger partial charge is 0.478 e. The van der Waals surface area contributed by atoms with Crippen molar-refractivity contribution >= 4 is 61.7 Å². The average molecular weight is 532 g/mol. The molecule has 4 aromatic rings. The van der Waals surface area contributed by atoms with Gasteiger partial charge in [-0.05, 0) is 49.2 Å². The molecule has 2 heterocycles. The van der Waals surface area contributed by atoms with Gasteiger partial charge in [0.15, 0.2) is 0 Å². The molecule has 0 aliphatic heterocycles. The van der Waals surface area contributed by atoms with Gasteiger partial charge in [-0.2, -0.15) is 0 Å². The summed E-state index contributed by atoms with van der Waals surface area (Å²) in [5.41, 5.74) is 2.22. The van der Waals surface area contributed by atoms with Crippen LogP contribution in [0.3, 0.4) is 0 Å². The Bertz CT molecular complexity index is 1500. The molecule has 2 aromatic carbocycles. The molecule has 4 rings (SSSR count). The number of carboxylic acid groups (broad SMARTS) is 1. The van der Waals surface area contributed by atoms with Crippen molar-refractivity contribution in [3.05, 3.63) is 85.9 Å². The summed E-state index contributed by atoms with van der Waals surface area (Å²) in [6.45, 7) is 3.49. The smallest absolute Gasteiger partial charge is 0.339 e. The second-order valence-corrected chi connectivity index (χ2v) is 11.6. The first-order chi connectivity index (χ1) is 16.1. The number of carboxylic acids is 1. The van der Waals surface area contributed by atoms with E-state index in [4.69, 9.17) is 11.6 Å². The zero-order valence-electron chi connectivity index (χ0n) is 18.0. The Hall–Kier alpha value is -2.98. The van der Waals surface area contributed by atoms with Crippen molar-refractivity contribution in [3.63, 3.8) is 0 Å². The van der Waals surface area contributed by atoms with Crippen LogP contribution in [0.2, 0.25) is 5.02 Å². The van der Waals surface area contributed by atoms with Gasteiger partial charge in [0.25, 0.3) is 5.91 Å². The number of carbonyl (C=O) groups is 2. The standard InChI is InChI=1S/C24H18ClNO5S3/c1-13-3-5-15(6-4-13)22-20(24(28)29)18(11-32-22)26-23(27)21-14(2)19(12-33-21)34(30,31)17-9-7-16(25)8-10-17/h3-12H,1-2H3,(H,26,27)(H,28,29). The van der Waals surface area contributed by atoms with E-state index in [1.165, 1.54) is 41.0 Å². The molecule has 6 nitrogen and oxygen atoms in total. The Balaban J connectivity index is 1.66. The normalized spacial score (nSPS) is 11.4. The minimum absolute atomic E-state index is 0.00887. The molecule has 0 unspecified atom stereocenters. The molecule has 0 saturated carbocycles. The van der Waals surface area contributed by atoms with Gasteiger partial charge < -0.3 is 10.4 Å². The van der Waals surface area contributed by atoms with Gasteiger partial charge in [-0.25, -0.2) is 13.2 Å². The SMILES string of the molecule is Cc1ccc(-c2scc(NC(=O)c3scc(S(=O)(=O)c4ccc(Cl)cc4)c3C)c2C(=O)O)cc1. The van der Waals surface area contributed by atoms with Gasteiger partial charge in [0.2, 0.25) is 9.84 Å². The van der Waals surface area contributed by atoms with Crippen LogP contribution in [0.5, 0.6) is 0 Å². The number of sulfone groups is 1. The zero-order valence-corrected chi connectivity index (χ0v) is 21.2. The van der Waals surface area contributed by atoms with Gasteiger partial charge in [-0.15, -0.1) is 22.7 Å². The quantitative estimate of drug-likeness (QED) is 0.294. The van der Waals surface area contributed by atoms with E-state index in [1.807, 2.05) is 31.2 Å². The first-order valence-corrected chi connectivity index (χ1v) is 13.5.